The highest BCUT2D eigenvalue weighted by Gasteiger charge is 2.13. The lowest BCUT2D eigenvalue weighted by atomic mass is 10.1. The van der Waals surface area contributed by atoms with E-state index < -0.39 is 0 Å². The molecule has 4 nitrogen and oxygen atoms in total. The Labute approximate surface area is 126 Å². The van der Waals surface area contributed by atoms with Crippen molar-refractivity contribution in [3.63, 3.8) is 0 Å². The zero-order valence-corrected chi connectivity index (χ0v) is 12.1. The maximum Gasteiger partial charge on any atom is 0.198 e. The summed E-state index contributed by atoms with van der Waals surface area (Å²) in [4.78, 5) is 7.44. The van der Waals surface area contributed by atoms with Gasteiger partial charge in [-0.05, 0) is 43.3 Å². The zero-order chi connectivity index (χ0) is 15.0. The monoisotopic (exact) mass is 299 g/mol. The van der Waals surface area contributed by atoms with E-state index in [1.165, 1.54) is 0 Å². The number of benzene rings is 2. The van der Waals surface area contributed by atoms with Crippen LogP contribution in [0.25, 0.3) is 10.9 Å². The molecule has 0 bridgehead atoms. The van der Waals surface area contributed by atoms with Crippen molar-refractivity contribution in [2.24, 2.45) is 4.99 Å². The van der Waals surface area contributed by atoms with E-state index in [4.69, 9.17) is 17.3 Å². The summed E-state index contributed by atoms with van der Waals surface area (Å²) in [5, 5.41) is 11.6. The van der Waals surface area contributed by atoms with Gasteiger partial charge < -0.3 is 15.8 Å². The van der Waals surface area contributed by atoms with Crippen molar-refractivity contribution in [3.05, 3.63) is 53.1 Å². The summed E-state index contributed by atoms with van der Waals surface area (Å²) < 4.78 is 0. The van der Waals surface area contributed by atoms with Crippen molar-refractivity contribution in [2.75, 3.05) is 5.73 Å². The average molecular weight is 300 g/mol. The predicted molar refractivity (Wildman–Crippen MR) is 87.7 cm³/mol. The first-order valence-corrected chi connectivity index (χ1v) is 6.84. The number of aliphatic imine (C=N–C) groups is 1. The van der Waals surface area contributed by atoms with Gasteiger partial charge in [0.25, 0.3) is 0 Å². The summed E-state index contributed by atoms with van der Waals surface area (Å²) >= 11 is 5.96. The summed E-state index contributed by atoms with van der Waals surface area (Å²) in [6, 6.07) is 12.7. The number of nitrogens with two attached hydrogens (primary N) is 1. The Kier molecular flexibility index (Phi) is 3.31. The Morgan fingerprint density at radius 1 is 1.24 bits per heavy atom. The third-order valence-corrected chi connectivity index (χ3v) is 3.50. The van der Waals surface area contributed by atoms with Crippen LogP contribution >= 0.6 is 11.6 Å². The number of aromatic hydroxyl groups is 1. The average Bonchev–Trinajstić information content (AvgIpc) is 2.74. The van der Waals surface area contributed by atoms with Crippen LogP contribution in [-0.4, -0.2) is 15.8 Å². The minimum Gasteiger partial charge on any atom is -0.494 e. The van der Waals surface area contributed by atoms with Crippen LogP contribution in [0.15, 0.2) is 47.5 Å². The number of aromatic nitrogens is 1. The van der Waals surface area contributed by atoms with Crippen LogP contribution in [-0.2, 0) is 0 Å². The maximum atomic E-state index is 10.1. The lowest BCUT2D eigenvalue weighted by molar-refractivity contribution is 0.457. The molecule has 0 amide bonds. The largest absolute Gasteiger partial charge is 0.494 e. The van der Waals surface area contributed by atoms with Gasteiger partial charge in [0.2, 0.25) is 0 Å². The molecule has 3 rings (SSSR count). The van der Waals surface area contributed by atoms with Gasteiger partial charge in [0.15, 0.2) is 5.88 Å². The van der Waals surface area contributed by atoms with Gasteiger partial charge in [-0.1, -0.05) is 17.7 Å². The first-order chi connectivity index (χ1) is 10.0. The third-order valence-electron chi connectivity index (χ3n) is 3.27. The van der Waals surface area contributed by atoms with E-state index in [9.17, 15) is 5.11 Å². The number of anilines is 1. The van der Waals surface area contributed by atoms with Crippen LogP contribution in [0.3, 0.4) is 0 Å². The number of nitrogens with zero attached hydrogens (tertiary/aromatic N) is 1. The quantitative estimate of drug-likeness (QED) is 0.489. The number of halogens is 1. The van der Waals surface area contributed by atoms with Crippen LogP contribution in [0.5, 0.6) is 5.88 Å². The van der Waals surface area contributed by atoms with E-state index in [0.717, 1.165) is 16.6 Å². The third kappa shape index (κ3) is 2.58. The maximum absolute atomic E-state index is 10.1. The summed E-state index contributed by atoms with van der Waals surface area (Å²) in [6.45, 7) is 1.84. The molecule has 4 N–H and O–H groups in total. The van der Waals surface area contributed by atoms with E-state index in [2.05, 4.69) is 9.98 Å². The highest BCUT2D eigenvalue weighted by atomic mass is 35.5. The lowest BCUT2D eigenvalue weighted by Crippen LogP contribution is -1.94. The van der Waals surface area contributed by atoms with E-state index in [-0.39, 0.29) is 5.88 Å². The fourth-order valence-electron chi connectivity index (χ4n) is 2.36. The Hall–Kier alpha value is -2.46. The topological polar surface area (TPSA) is 74.4 Å². The molecule has 1 aromatic heterocycles. The predicted octanol–water partition coefficient (Wildman–Crippen LogP) is 4.25. The van der Waals surface area contributed by atoms with Crippen molar-refractivity contribution in [1.29, 1.82) is 0 Å². The number of nitrogens with one attached hydrogen (secondary N) is 1. The molecule has 21 heavy (non-hydrogen) atoms. The minimum atomic E-state index is 0.0823. The van der Waals surface area contributed by atoms with Gasteiger partial charge >= 0.3 is 0 Å². The number of rotatable bonds is 2. The van der Waals surface area contributed by atoms with E-state index >= 15 is 0 Å². The van der Waals surface area contributed by atoms with Crippen LogP contribution < -0.4 is 5.73 Å². The van der Waals surface area contributed by atoms with Crippen LogP contribution in [0, 0.1) is 0 Å². The molecular formula is C16H14ClN3O. The van der Waals surface area contributed by atoms with Crippen LogP contribution in [0.1, 0.15) is 12.5 Å². The number of fused-ring (bicyclic) bond motifs is 1. The molecule has 0 saturated heterocycles. The van der Waals surface area contributed by atoms with Gasteiger partial charge in [0.1, 0.15) is 0 Å². The van der Waals surface area contributed by atoms with Crippen molar-refractivity contribution in [3.8, 4) is 5.88 Å². The Bertz CT molecular complexity index is 852. The molecule has 0 radical (unpaired) electrons. The molecule has 0 aliphatic carbocycles. The number of nitrogen functional groups attached to an aromatic ring is 1. The second-order valence-electron chi connectivity index (χ2n) is 4.83. The van der Waals surface area contributed by atoms with Gasteiger partial charge in [-0.3, -0.25) is 4.99 Å². The summed E-state index contributed by atoms with van der Waals surface area (Å²) in [5.74, 6) is 0.0823. The molecule has 1 heterocycles. The summed E-state index contributed by atoms with van der Waals surface area (Å²) in [5.41, 5.74) is 9.35. The molecule has 0 aliphatic rings. The highest BCUT2D eigenvalue weighted by molar-refractivity contribution is 6.30. The van der Waals surface area contributed by atoms with Gasteiger partial charge in [0.05, 0.1) is 17.0 Å². The SMILES string of the molecule is CC(=Nc1cccc(Cl)c1)c1c(O)[nH]c2ccc(N)cc12. The van der Waals surface area contributed by atoms with Crippen LogP contribution in [0.4, 0.5) is 11.4 Å². The second kappa shape index (κ2) is 5.14. The van der Waals surface area contributed by atoms with E-state index in [1.54, 1.807) is 18.2 Å². The molecule has 0 fully saturated rings. The van der Waals surface area contributed by atoms with Crippen molar-refractivity contribution >= 4 is 39.6 Å². The first kappa shape index (κ1) is 13.5. The van der Waals surface area contributed by atoms with E-state index in [0.29, 0.717) is 22.0 Å². The molecule has 5 heteroatoms. The molecular weight excluding hydrogens is 286 g/mol. The first-order valence-electron chi connectivity index (χ1n) is 6.46. The van der Waals surface area contributed by atoms with Crippen molar-refractivity contribution in [1.82, 2.24) is 4.98 Å². The molecule has 0 aliphatic heterocycles. The van der Waals surface area contributed by atoms with Gasteiger partial charge in [-0.25, -0.2) is 0 Å². The second-order valence-corrected chi connectivity index (χ2v) is 5.27. The van der Waals surface area contributed by atoms with E-state index in [1.807, 2.05) is 31.2 Å². The minimum absolute atomic E-state index is 0.0823. The van der Waals surface area contributed by atoms with Crippen LogP contribution in [0.2, 0.25) is 5.02 Å². The van der Waals surface area contributed by atoms with Gasteiger partial charge in [0, 0.05) is 21.6 Å². The van der Waals surface area contributed by atoms with Crippen molar-refractivity contribution in [2.45, 2.75) is 6.92 Å². The molecule has 0 unspecified atom stereocenters. The molecule has 106 valence electrons. The molecule has 0 atom stereocenters. The zero-order valence-electron chi connectivity index (χ0n) is 11.4. The summed E-state index contributed by atoms with van der Waals surface area (Å²) in [6.07, 6.45) is 0. The smallest absolute Gasteiger partial charge is 0.198 e. The van der Waals surface area contributed by atoms with Gasteiger partial charge in [-0.15, -0.1) is 0 Å². The molecule has 3 aromatic rings. The molecule has 0 saturated carbocycles. The number of aromatic amines is 1. The van der Waals surface area contributed by atoms with Crippen molar-refractivity contribution < 1.29 is 5.11 Å². The number of hydrogen-bond donors (Lipinski definition) is 3. The highest BCUT2D eigenvalue weighted by Crippen LogP contribution is 2.30. The normalized spacial score (nSPS) is 12.0. The fourth-order valence-corrected chi connectivity index (χ4v) is 2.54. The number of H-pyrrole nitrogens is 1. The summed E-state index contributed by atoms with van der Waals surface area (Å²) in [7, 11) is 0. The lowest BCUT2D eigenvalue weighted by Gasteiger charge is -2.02. The Morgan fingerprint density at radius 3 is 2.81 bits per heavy atom. The van der Waals surface area contributed by atoms with Gasteiger partial charge in [-0.2, -0.15) is 0 Å². The number of hydrogen-bond acceptors (Lipinski definition) is 3. The standard InChI is InChI=1S/C16H14ClN3O/c1-9(19-12-4-2-3-10(17)7-12)15-13-8-11(18)5-6-14(13)20-16(15)21/h2-8,20-21H,18H2,1H3. The molecule has 0 spiro atoms. The fraction of sp³-hybridized carbons (Fsp3) is 0.0625. The Morgan fingerprint density at radius 2 is 2.05 bits per heavy atom. The Balaban J connectivity index is 2.15. The molecule has 2 aromatic carbocycles.